The first-order chi connectivity index (χ1) is 12.3. The number of fused-ring (bicyclic) bond motifs is 1. The maximum absolute atomic E-state index is 12.1. The summed E-state index contributed by atoms with van der Waals surface area (Å²) in [4.78, 5) is 0. The van der Waals surface area contributed by atoms with Gasteiger partial charge in [0.15, 0.2) is 9.84 Å². The van der Waals surface area contributed by atoms with E-state index in [4.69, 9.17) is 0 Å². The van der Waals surface area contributed by atoms with E-state index >= 15 is 0 Å². The smallest absolute Gasteiger partial charge is 0.152 e. The number of rotatable bonds is 6. The summed E-state index contributed by atoms with van der Waals surface area (Å²) in [7, 11) is -2.89. The highest BCUT2D eigenvalue weighted by Gasteiger charge is 2.27. The molecule has 3 rings (SSSR count). The standard InChI is InChI=1S/C23H36O2S/c1-16(2)26(24,25)15-20-9-6-19(7-10-20)8-11-21-13-18(4)23-17(3)5-12-22(23)14-21/h13-14,16-17,19-20H,5-12,15H2,1-4H3. The van der Waals surface area contributed by atoms with Crippen LogP contribution in [0.3, 0.4) is 0 Å². The second-order valence-electron chi connectivity index (χ2n) is 9.23. The van der Waals surface area contributed by atoms with Crippen LogP contribution in [0.25, 0.3) is 0 Å². The molecular formula is C23H36O2S. The predicted octanol–water partition coefficient (Wildman–Crippen LogP) is 5.61. The van der Waals surface area contributed by atoms with Gasteiger partial charge in [-0.1, -0.05) is 31.9 Å². The average molecular weight is 377 g/mol. The summed E-state index contributed by atoms with van der Waals surface area (Å²) in [6.45, 7) is 8.25. The Bertz CT molecular complexity index is 725. The summed E-state index contributed by atoms with van der Waals surface area (Å²) in [5.74, 6) is 2.30. The van der Waals surface area contributed by atoms with Crippen molar-refractivity contribution in [1.82, 2.24) is 0 Å². The van der Waals surface area contributed by atoms with Gasteiger partial charge in [0.05, 0.1) is 11.0 Å². The predicted molar refractivity (Wildman–Crippen MR) is 111 cm³/mol. The maximum Gasteiger partial charge on any atom is 0.152 e. The number of hydrogen-bond donors (Lipinski definition) is 0. The highest BCUT2D eigenvalue weighted by Crippen LogP contribution is 2.37. The Balaban J connectivity index is 1.50. The molecule has 0 N–H and O–H groups in total. The van der Waals surface area contributed by atoms with Crippen molar-refractivity contribution in [2.75, 3.05) is 5.75 Å². The lowest BCUT2D eigenvalue weighted by Gasteiger charge is -2.29. The molecular weight excluding hydrogens is 340 g/mol. The number of aryl methyl sites for hydroxylation is 3. The van der Waals surface area contributed by atoms with Crippen LogP contribution < -0.4 is 0 Å². The van der Waals surface area contributed by atoms with Crippen molar-refractivity contribution in [2.45, 2.75) is 90.2 Å². The Morgan fingerprint density at radius 1 is 1.04 bits per heavy atom. The summed E-state index contributed by atoms with van der Waals surface area (Å²) in [6, 6.07) is 4.88. The molecule has 0 radical (unpaired) electrons. The van der Waals surface area contributed by atoms with E-state index in [0.717, 1.165) is 24.7 Å². The van der Waals surface area contributed by atoms with Crippen molar-refractivity contribution in [3.05, 3.63) is 34.4 Å². The van der Waals surface area contributed by atoms with Crippen LogP contribution in [0, 0.1) is 18.8 Å². The van der Waals surface area contributed by atoms with E-state index in [2.05, 4.69) is 26.0 Å². The monoisotopic (exact) mass is 376 g/mol. The summed E-state index contributed by atoms with van der Waals surface area (Å²) in [6.07, 6.45) is 9.61. The van der Waals surface area contributed by atoms with Crippen molar-refractivity contribution >= 4 is 9.84 Å². The Morgan fingerprint density at radius 3 is 2.35 bits per heavy atom. The van der Waals surface area contributed by atoms with Crippen LogP contribution in [-0.2, 0) is 22.7 Å². The first-order valence-corrected chi connectivity index (χ1v) is 12.3. The Morgan fingerprint density at radius 2 is 1.69 bits per heavy atom. The maximum atomic E-state index is 12.1. The van der Waals surface area contributed by atoms with Gasteiger partial charge in [0, 0.05) is 0 Å². The molecule has 1 unspecified atom stereocenters. The average Bonchev–Trinajstić information content (AvgIpc) is 2.95. The van der Waals surface area contributed by atoms with Crippen molar-refractivity contribution < 1.29 is 8.42 Å². The molecule has 2 aliphatic rings. The lowest BCUT2D eigenvalue weighted by molar-refractivity contribution is 0.278. The highest BCUT2D eigenvalue weighted by molar-refractivity contribution is 7.91. The van der Waals surface area contributed by atoms with Gasteiger partial charge in [0.2, 0.25) is 0 Å². The van der Waals surface area contributed by atoms with Gasteiger partial charge >= 0.3 is 0 Å². The molecule has 1 saturated carbocycles. The molecule has 0 saturated heterocycles. The minimum absolute atomic E-state index is 0.231. The highest BCUT2D eigenvalue weighted by atomic mass is 32.2. The van der Waals surface area contributed by atoms with Crippen LogP contribution in [0.4, 0.5) is 0 Å². The lowest BCUT2D eigenvalue weighted by atomic mass is 9.80. The van der Waals surface area contributed by atoms with Crippen molar-refractivity contribution in [3.63, 3.8) is 0 Å². The SMILES string of the molecule is Cc1cc(CCC2CCC(CS(=O)(=O)C(C)C)CC2)cc2c1C(C)CC2. The first kappa shape index (κ1) is 19.9. The largest absolute Gasteiger partial charge is 0.229 e. The van der Waals surface area contributed by atoms with Crippen LogP contribution in [-0.4, -0.2) is 19.4 Å². The quantitative estimate of drug-likeness (QED) is 0.647. The molecule has 146 valence electrons. The minimum atomic E-state index is -2.89. The molecule has 0 heterocycles. The Labute approximate surface area is 160 Å². The molecule has 1 atom stereocenters. The third kappa shape index (κ3) is 4.52. The van der Waals surface area contributed by atoms with Gasteiger partial charge in [-0.15, -0.1) is 0 Å². The zero-order chi connectivity index (χ0) is 18.9. The summed E-state index contributed by atoms with van der Waals surface area (Å²) >= 11 is 0. The van der Waals surface area contributed by atoms with Crippen molar-refractivity contribution in [3.8, 4) is 0 Å². The fourth-order valence-electron chi connectivity index (χ4n) is 5.10. The van der Waals surface area contributed by atoms with Crippen LogP contribution in [0.1, 0.15) is 87.5 Å². The number of benzene rings is 1. The van der Waals surface area contributed by atoms with E-state index in [1.807, 2.05) is 0 Å². The molecule has 1 aromatic carbocycles. The summed E-state index contributed by atoms with van der Waals surface area (Å²) in [5.41, 5.74) is 6.21. The summed E-state index contributed by atoms with van der Waals surface area (Å²) in [5, 5.41) is -0.231. The molecule has 1 aromatic rings. The van der Waals surface area contributed by atoms with Crippen LogP contribution in [0.15, 0.2) is 12.1 Å². The lowest BCUT2D eigenvalue weighted by Crippen LogP contribution is -2.26. The third-order valence-corrected chi connectivity index (χ3v) is 9.24. The van der Waals surface area contributed by atoms with Gasteiger partial charge < -0.3 is 0 Å². The van der Waals surface area contributed by atoms with Crippen LogP contribution in [0.5, 0.6) is 0 Å². The van der Waals surface area contributed by atoms with E-state index in [1.54, 1.807) is 25.0 Å². The summed E-state index contributed by atoms with van der Waals surface area (Å²) < 4.78 is 24.3. The van der Waals surface area contributed by atoms with Gasteiger partial charge in [0.25, 0.3) is 0 Å². The van der Waals surface area contributed by atoms with Gasteiger partial charge in [-0.3, -0.25) is 0 Å². The molecule has 26 heavy (non-hydrogen) atoms. The molecule has 3 heteroatoms. The van der Waals surface area contributed by atoms with Crippen molar-refractivity contribution in [2.24, 2.45) is 11.8 Å². The molecule has 0 aromatic heterocycles. The number of hydrogen-bond acceptors (Lipinski definition) is 2. The van der Waals surface area contributed by atoms with Crippen LogP contribution >= 0.6 is 0 Å². The molecule has 2 nitrogen and oxygen atoms in total. The minimum Gasteiger partial charge on any atom is -0.229 e. The van der Waals surface area contributed by atoms with Gasteiger partial charge in [-0.05, 0) is 99.3 Å². The molecule has 0 spiro atoms. The molecule has 0 aliphatic heterocycles. The van der Waals surface area contributed by atoms with E-state index in [0.29, 0.717) is 11.7 Å². The van der Waals surface area contributed by atoms with E-state index in [9.17, 15) is 8.42 Å². The molecule has 1 fully saturated rings. The Kier molecular flexibility index (Phi) is 6.16. The molecule has 0 amide bonds. The van der Waals surface area contributed by atoms with Gasteiger partial charge in [-0.2, -0.15) is 0 Å². The topological polar surface area (TPSA) is 34.1 Å². The fourth-order valence-corrected chi connectivity index (χ4v) is 6.48. The Hall–Kier alpha value is -0.830. The zero-order valence-corrected chi connectivity index (χ0v) is 17.9. The first-order valence-electron chi connectivity index (χ1n) is 10.6. The van der Waals surface area contributed by atoms with E-state index in [1.165, 1.54) is 49.7 Å². The van der Waals surface area contributed by atoms with Gasteiger partial charge in [0.1, 0.15) is 0 Å². The normalized spacial score (nSPS) is 26.3. The fraction of sp³-hybridized carbons (Fsp3) is 0.739. The zero-order valence-electron chi connectivity index (χ0n) is 17.1. The third-order valence-electron chi connectivity index (χ3n) is 6.87. The van der Waals surface area contributed by atoms with E-state index in [-0.39, 0.29) is 5.25 Å². The molecule has 0 bridgehead atoms. The van der Waals surface area contributed by atoms with Gasteiger partial charge in [-0.25, -0.2) is 8.42 Å². The molecule has 2 aliphatic carbocycles. The number of sulfone groups is 1. The second-order valence-corrected chi connectivity index (χ2v) is 11.8. The second kappa shape index (κ2) is 8.04. The van der Waals surface area contributed by atoms with Crippen molar-refractivity contribution in [1.29, 1.82) is 0 Å². The van der Waals surface area contributed by atoms with Crippen LogP contribution in [0.2, 0.25) is 0 Å². The van der Waals surface area contributed by atoms with E-state index < -0.39 is 9.84 Å².